The highest BCUT2D eigenvalue weighted by Crippen LogP contribution is 2.28. The zero-order valence-electron chi connectivity index (χ0n) is 11.5. The van der Waals surface area contributed by atoms with Gasteiger partial charge in [-0.3, -0.25) is 0 Å². The summed E-state index contributed by atoms with van der Waals surface area (Å²) in [5.74, 6) is 0.816. The lowest BCUT2D eigenvalue weighted by Gasteiger charge is -2.14. The molecule has 3 heteroatoms. The van der Waals surface area contributed by atoms with Crippen LogP contribution in [-0.2, 0) is 24.4 Å². The fourth-order valence-corrected chi connectivity index (χ4v) is 2.60. The van der Waals surface area contributed by atoms with Crippen LogP contribution >= 0.6 is 0 Å². The number of methoxy groups -OCH3 is 1. The first kappa shape index (κ1) is 13.2. The van der Waals surface area contributed by atoms with Crippen molar-refractivity contribution in [2.24, 2.45) is 0 Å². The molecule has 0 bridgehead atoms. The van der Waals surface area contributed by atoms with Gasteiger partial charge in [0.15, 0.2) is 0 Å². The van der Waals surface area contributed by atoms with Gasteiger partial charge in [0.05, 0.1) is 26.4 Å². The van der Waals surface area contributed by atoms with Gasteiger partial charge in [0.25, 0.3) is 0 Å². The molecule has 0 aromatic heterocycles. The maximum atomic E-state index is 10.4. The number of fused-ring (bicyclic) bond motifs is 1. The molecule has 104 valence electrons. The second-order valence-electron chi connectivity index (χ2n) is 5.05. The van der Waals surface area contributed by atoms with E-state index in [1.807, 2.05) is 42.5 Å². The zero-order chi connectivity index (χ0) is 13.9. The first-order chi connectivity index (χ1) is 9.78. The third-order valence-corrected chi connectivity index (χ3v) is 3.74. The van der Waals surface area contributed by atoms with Gasteiger partial charge in [-0.1, -0.05) is 36.4 Å². The maximum absolute atomic E-state index is 10.4. The van der Waals surface area contributed by atoms with Crippen LogP contribution in [0.4, 0.5) is 0 Å². The molecular formula is C17H18O3. The average Bonchev–Trinajstić information content (AvgIpc) is 2.95. The fourth-order valence-electron chi connectivity index (χ4n) is 2.60. The van der Waals surface area contributed by atoms with Gasteiger partial charge < -0.3 is 14.6 Å². The molecule has 0 amide bonds. The van der Waals surface area contributed by atoms with Crippen LogP contribution in [0.2, 0.25) is 0 Å². The molecule has 0 saturated carbocycles. The van der Waals surface area contributed by atoms with E-state index >= 15 is 0 Å². The molecular weight excluding hydrogens is 252 g/mol. The summed E-state index contributed by atoms with van der Waals surface area (Å²) in [4.78, 5) is 0. The van der Waals surface area contributed by atoms with Crippen LogP contribution in [0.5, 0.6) is 5.75 Å². The lowest BCUT2D eigenvalue weighted by molar-refractivity contribution is 0.134. The van der Waals surface area contributed by atoms with Crippen LogP contribution in [-0.4, -0.2) is 12.2 Å². The summed E-state index contributed by atoms with van der Waals surface area (Å²) in [7, 11) is 1.65. The van der Waals surface area contributed by atoms with Gasteiger partial charge in [-0.2, -0.15) is 0 Å². The van der Waals surface area contributed by atoms with Gasteiger partial charge in [0.1, 0.15) is 5.75 Å². The molecule has 0 fully saturated rings. The van der Waals surface area contributed by atoms with Gasteiger partial charge in [-0.25, -0.2) is 0 Å². The van der Waals surface area contributed by atoms with E-state index < -0.39 is 6.10 Å². The summed E-state index contributed by atoms with van der Waals surface area (Å²) in [6, 6.07) is 13.9. The van der Waals surface area contributed by atoms with Gasteiger partial charge >= 0.3 is 0 Å². The highest BCUT2D eigenvalue weighted by atomic mass is 16.5. The van der Waals surface area contributed by atoms with Crippen LogP contribution in [0, 0.1) is 0 Å². The van der Waals surface area contributed by atoms with E-state index in [2.05, 4.69) is 0 Å². The van der Waals surface area contributed by atoms with Gasteiger partial charge in [0, 0.05) is 6.42 Å². The van der Waals surface area contributed by atoms with E-state index in [0.717, 1.165) is 16.9 Å². The van der Waals surface area contributed by atoms with E-state index in [1.165, 1.54) is 11.1 Å². The van der Waals surface area contributed by atoms with Crippen molar-refractivity contribution in [2.75, 3.05) is 7.11 Å². The van der Waals surface area contributed by atoms with Gasteiger partial charge in [0.2, 0.25) is 0 Å². The van der Waals surface area contributed by atoms with Crippen molar-refractivity contribution in [2.45, 2.75) is 25.7 Å². The first-order valence-corrected chi connectivity index (χ1v) is 6.77. The molecule has 1 heterocycles. The minimum absolute atomic E-state index is 0.530. The molecule has 0 aliphatic carbocycles. The molecule has 20 heavy (non-hydrogen) atoms. The van der Waals surface area contributed by atoms with Crippen LogP contribution in [0.3, 0.4) is 0 Å². The number of aliphatic hydroxyl groups excluding tert-OH is 1. The van der Waals surface area contributed by atoms with E-state index in [0.29, 0.717) is 19.6 Å². The van der Waals surface area contributed by atoms with Crippen LogP contribution in [0.15, 0.2) is 42.5 Å². The number of benzene rings is 2. The minimum atomic E-state index is -0.530. The third-order valence-electron chi connectivity index (χ3n) is 3.74. The maximum Gasteiger partial charge on any atom is 0.122 e. The Hall–Kier alpha value is -1.84. The number of aliphatic hydroxyl groups is 1. The predicted octanol–water partition coefficient (Wildman–Crippen LogP) is 3.00. The zero-order valence-corrected chi connectivity index (χ0v) is 11.5. The molecule has 1 aliphatic rings. The van der Waals surface area contributed by atoms with Crippen molar-refractivity contribution in [3.63, 3.8) is 0 Å². The average molecular weight is 270 g/mol. The van der Waals surface area contributed by atoms with E-state index in [4.69, 9.17) is 9.47 Å². The summed E-state index contributed by atoms with van der Waals surface area (Å²) in [5.41, 5.74) is 4.35. The van der Waals surface area contributed by atoms with E-state index in [1.54, 1.807) is 7.11 Å². The standard InChI is InChI=1S/C17H18O3/c1-19-17-5-3-2-4-13(17)9-16(18)12-6-7-14-10-20-11-15(14)8-12/h2-8,16,18H,9-11H2,1H3. The predicted molar refractivity (Wildman–Crippen MR) is 76.6 cm³/mol. The second kappa shape index (κ2) is 5.65. The summed E-state index contributed by atoms with van der Waals surface area (Å²) in [6.45, 7) is 1.32. The molecule has 0 radical (unpaired) electrons. The quantitative estimate of drug-likeness (QED) is 0.928. The molecule has 3 rings (SSSR count). The summed E-state index contributed by atoms with van der Waals surface area (Å²) >= 11 is 0. The van der Waals surface area contributed by atoms with Crippen molar-refractivity contribution >= 4 is 0 Å². The van der Waals surface area contributed by atoms with Crippen LogP contribution < -0.4 is 4.74 Å². The Bertz CT molecular complexity index is 607. The number of hydrogen-bond acceptors (Lipinski definition) is 3. The Kier molecular flexibility index (Phi) is 3.72. The lowest BCUT2D eigenvalue weighted by Crippen LogP contribution is -2.04. The molecule has 1 unspecified atom stereocenters. The highest BCUT2D eigenvalue weighted by molar-refractivity contribution is 5.37. The SMILES string of the molecule is COc1ccccc1CC(O)c1ccc2c(c1)COC2. The molecule has 2 aromatic carbocycles. The molecule has 1 atom stereocenters. The summed E-state index contributed by atoms with van der Waals surface area (Å²) in [6.07, 6.45) is 0.0149. The van der Waals surface area contributed by atoms with Crippen LogP contribution in [0.25, 0.3) is 0 Å². The van der Waals surface area contributed by atoms with E-state index in [-0.39, 0.29) is 0 Å². The molecule has 0 saturated heterocycles. The first-order valence-electron chi connectivity index (χ1n) is 6.77. The van der Waals surface area contributed by atoms with Crippen molar-refractivity contribution in [1.29, 1.82) is 0 Å². The third kappa shape index (κ3) is 2.55. The fraction of sp³-hybridized carbons (Fsp3) is 0.294. The topological polar surface area (TPSA) is 38.7 Å². The largest absolute Gasteiger partial charge is 0.496 e. The smallest absolute Gasteiger partial charge is 0.122 e. The van der Waals surface area contributed by atoms with Crippen LogP contribution in [0.1, 0.15) is 28.4 Å². The number of ether oxygens (including phenoxy) is 2. The molecule has 1 N–H and O–H groups in total. The van der Waals surface area contributed by atoms with Crippen molar-refractivity contribution in [3.8, 4) is 5.75 Å². The Balaban J connectivity index is 1.81. The molecule has 3 nitrogen and oxygen atoms in total. The minimum Gasteiger partial charge on any atom is -0.496 e. The Morgan fingerprint density at radius 3 is 2.80 bits per heavy atom. The Morgan fingerprint density at radius 1 is 1.15 bits per heavy atom. The van der Waals surface area contributed by atoms with Gasteiger partial charge in [-0.15, -0.1) is 0 Å². The van der Waals surface area contributed by atoms with Crippen molar-refractivity contribution in [3.05, 3.63) is 64.7 Å². The normalized spacial score (nSPS) is 14.9. The van der Waals surface area contributed by atoms with Crippen molar-refractivity contribution in [1.82, 2.24) is 0 Å². The number of hydrogen-bond donors (Lipinski definition) is 1. The monoisotopic (exact) mass is 270 g/mol. The summed E-state index contributed by atoms with van der Waals surface area (Å²) < 4.78 is 10.7. The highest BCUT2D eigenvalue weighted by Gasteiger charge is 2.16. The van der Waals surface area contributed by atoms with E-state index in [9.17, 15) is 5.11 Å². The molecule has 0 spiro atoms. The number of para-hydroxylation sites is 1. The van der Waals surface area contributed by atoms with Gasteiger partial charge in [-0.05, 0) is 28.3 Å². The Morgan fingerprint density at radius 2 is 1.95 bits per heavy atom. The molecule has 1 aliphatic heterocycles. The lowest BCUT2D eigenvalue weighted by atomic mass is 9.98. The van der Waals surface area contributed by atoms with Crippen molar-refractivity contribution < 1.29 is 14.6 Å². The summed E-state index contributed by atoms with van der Waals surface area (Å²) in [5, 5.41) is 10.4. The Labute approximate surface area is 118 Å². The molecule has 2 aromatic rings. The number of rotatable bonds is 4. The second-order valence-corrected chi connectivity index (χ2v) is 5.05.